The molecule has 0 heterocycles. The maximum absolute atomic E-state index is 8.88. The second kappa shape index (κ2) is 5.34. The fourth-order valence-electron chi connectivity index (χ4n) is 0. The van der Waals surface area contributed by atoms with E-state index in [-0.39, 0.29) is 35.4 Å². The Morgan fingerprint density at radius 2 is 1.14 bits per heavy atom. The maximum atomic E-state index is 8.88. The van der Waals surface area contributed by atoms with Crippen LogP contribution in [0.15, 0.2) is 0 Å². The minimum Gasteiger partial charge on any atom is 0 e. The molecule has 3 N–H and O–H groups in total. The van der Waals surface area contributed by atoms with Crippen molar-refractivity contribution in [1.29, 1.82) is 0 Å². The van der Waals surface area contributed by atoms with Gasteiger partial charge in [-0.05, 0) is 0 Å². The van der Waals surface area contributed by atoms with Crippen molar-refractivity contribution in [1.82, 2.24) is 0 Å². The molecule has 0 amide bonds. The van der Waals surface area contributed by atoms with Crippen LogP contribution >= 0.6 is 7.82 Å². The first-order valence-corrected chi connectivity index (χ1v) is 2.35. The van der Waals surface area contributed by atoms with Gasteiger partial charge in [-0.1, -0.05) is 0 Å². The van der Waals surface area contributed by atoms with Gasteiger partial charge in [0.25, 0.3) is 0 Å². The van der Waals surface area contributed by atoms with Crippen molar-refractivity contribution in [2.24, 2.45) is 0 Å². The van der Waals surface area contributed by atoms with Crippen molar-refractivity contribution in [3.05, 3.63) is 0 Å². The third-order valence-electron chi connectivity index (χ3n) is 0. The normalized spacial score (nSPS) is 8.43. The Labute approximate surface area is 62.7 Å². The molecular weight excluding hydrogens is 161 g/mol. The van der Waals surface area contributed by atoms with E-state index in [1.807, 2.05) is 0 Å². The number of rotatable bonds is 0. The summed E-state index contributed by atoms with van der Waals surface area (Å²) in [6.07, 6.45) is 0. The topological polar surface area (TPSA) is 77.8 Å². The van der Waals surface area contributed by atoms with Gasteiger partial charge >= 0.3 is 26.7 Å². The zero-order valence-corrected chi connectivity index (χ0v) is 4.40. The Morgan fingerprint density at radius 3 is 1.14 bits per heavy atom. The summed E-state index contributed by atoms with van der Waals surface area (Å²) in [7, 11) is -4.64. The summed E-state index contributed by atoms with van der Waals surface area (Å²) in [5.74, 6) is 0. The second-order valence-electron chi connectivity index (χ2n) is 0.513. The largest absolute Gasteiger partial charge is 0 e. The molecule has 0 fully saturated rings. The molecule has 0 saturated carbocycles. The van der Waals surface area contributed by atoms with E-state index in [2.05, 4.69) is 0 Å². The summed E-state index contributed by atoms with van der Waals surface area (Å²) >= 11 is 0. The van der Waals surface area contributed by atoms with Gasteiger partial charge in [0.15, 0.2) is 0 Å². The molecule has 4 nitrogen and oxygen atoms in total. The monoisotopic (exact) mass is 164 g/mol. The van der Waals surface area contributed by atoms with Gasteiger partial charge in [-0.2, -0.15) is 0 Å². The molecule has 0 aliphatic carbocycles. The van der Waals surface area contributed by atoms with Gasteiger partial charge < -0.3 is 14.7 Å². The first-order chi connectivity index (χ1) is 2.00. The van der Waals surface area contributed by atoms with Gasteiger partial charge in [-0.25, -0.2) is 4.57 Å². The predicted octanol–water partition coefficient (Wildman–Crippen LogP) is -1.58. The fraction of sp³-hybridized carbons (Fsp3) is 0. The molecule has 0 aromatic heterocycles. The van der Waals surface area contributed by atoms with Crippen LogP contribution in [0.2, 0.25) is 0 Å². The van der Waals surface area contributed by atoms with Crippen LogP contribution in [0.5, 0.6) is 0 Å². The molecule has 0 aromatic rings. The molecular formula is H4LiNiO4P. The Morgan fingerprint density at radius 1 is 1.14 bits per heavy atom. The zero-order chi connectivity index (χ0) is 4.50. The summed E-state index contributed by atoms with van der Waals surface area (Å²) in [4.78, 5) is 21.6. The molecule has 7 heavy (non-hydrogen) atoms. The van der Waals surface area contributed by atoms with E-state index in [0.717, 1.165) is 0 Å². The number of phosphoric acid groups is 1. The maximum Gasteiger partial charge on any atom is 0 e. The van der Waals surface area contributed by atoms with Crippen LogP contribution in [-0.4, -0.2) is 33.5 Å². The molecule has 44 valence electrons. The Balaban J connectivity index is -0.0000000800. The van der Waals surface area contributed by atoms with E-state index < -0.39 is 7.82 Å². The Bertz CT molecular complexity index is 57.8. The fourth-order valence-corrected chi connectivity index (χ4v) is 0. The number of hydrogen-bond donors (Lipinski definition) is 3. The minimum atomic E-state index is -4.64. The van der Waals surface area contributed by atoms with Gasteiger partial charge in [-0.15, -0.1) is 0 Å². The van der Waals surface area contributed by atoms with Crippen LogP contribution in [-0.2, 0) is 21.1 Å². The van der Waals surface area contributed by atoms with E-state index in [4.69, 9.17) is 19.2 Å². The molecule has 0 aliphatic heterocycles. The van der Waals surface area contributed by atoms with Crippen LogP contribution in [0.3, 0.4) is 0 Å². The van der Waals surface area contributed by atoms with Gasteiger partial charge in [0.1, 0.15) is 0 Å². The molecule has 0 atom stereocenters. The first kappa shape index (κ1) is 15.7. The van der Waals surface area contributed by atoms with Crippen LogP contribution in [0.1, 0.15) is 0 Å². The van der Waals surface area contributed by atoms with E-state index in [1.54, 1.807) is 0 Å². The zero-order valence-electron chi connectivity index (χ0n) is 2.51. The van der Waals surface area contributed by atoms with E-state index >= 15 is 0 Å². The quantitative estimate of drug-likeness (QED) is 0.298. The van der Waals surface area contributed by atoms with Crippen LogP contribution in [0, 0.1) is 0 Å². The van der Waals surface area contributed by atoms with E-state index in [0.29, 0.717) is 0 Å². The third-order valence-corrected chi connectivity index (χ3v) is 0. The Kier molecular flexibility index (Phi) is 12.0. The summed E-state index contributed by atoms with van der Waals surface area (Å²) in [6.45, 7) is 0. The molecule has 0 saturated heterocycles. The number of hydrogen-bond acceptors (Lipinski definition) is 1. The summed E-state index contributed by atoms with van der Waals surface area (Å²) in [6, 6.07) is 0. The van der Waals surface area contributed by atoms with Crippen molar-refractivity contribution in [2.45, 2.75) is 0 Å². The van der Waals surface area contributed by atoms with E-state index in [1.165, 1.54) is 0 Å². The summed E-state index contributed by atoms with van der Waals surface area (Å²) in [5.41, 5.74) is 0. The van der Waals surface area contributed by atoms with Crippen molar-refractivity contribution in [3.63, 3.8) is 0 Å². The SMILES string of the molecule is O=P(O)(O)O.[LiH].[Ni]. The minimum absolute atomic E-state index is 0. The summed E-state index contributed by atoms with van der Waals surface area (Å²) in [5, 5.41) is 0. The summed E-state index contributed by atoms with van der Waals surface area (Å²) < 4.78 is 8.88. The van der Waals surface area contributed by atoms with Gasteiger partial charge in [0.2, 0.25) is 0 Å². The van der Waals surface area contributed by atoms with Crippen molar-refractivity contribution >= 4 is 26.7 Å². The molecule has 0 radical (unpaired) electrons. The van der Waals surface area contributed by atoms with Gasteiger partial charge in [0.05, 0.1) is 0 Å². The molecule has 7 heteroatoms. The van der Waals surface area contributed by atoms with Crippen LogP contribution < -0.4 is 0 Å². The smallest absolute Gasteiger partial charge is 0 e. The molecule has 0 aliphatic rings. The molecule has 0 spiro atoms. The molecule has 0 bridgehead atoms. The van der Waals surface area contributed by atoms with Gasteiger partial charge in [0, 0.05) is 16.5 Å². The average molecular weight is 165 g/mol. The average Bonchev–Trinajstić information content (AvgIpc) is 0.722. The van der Waals surface area contributed by atoms with Gasteiger partial charge in [-0.3, -0.25) is 0 Å². The van der Waals surface area contributed by atoms with Crippen molar-refractivity contribution in [2.75, 3.05) is 0 Å². The predicted molar refractivity (Wildman–Crippen MR) is 21.4 cm³/mol. The van der Waals surface area contributed by atoms with Crippen molar-refractivity contribution < 1.29 is 35.7 Å². The molecule has 0 rings (SSSR count). The van der Waals surface area contributed by atoms with Crippen LogP contribution in [0.4, 0.5) is 0 Å². The third kappa shape index (κ3) is 135. The first-order valence-electron chi connectivity index (χ1n) is 0.783. The van der Waals surface area contributed by atoms with E-state index in [9.17, 15) is 0 Å². The van der Waals surface area contributed by atoms with Crippen molar-refractivity contribution in [3.8, 4) is 0 Å². The second-order valence-corrected chi connectivity index (χ2v) is 1.54. The molecule has 0 aromatic carbocycles. The molecule has 0 unspecified atom stereocenters. The van der Waals surface area contributed by atoms with Crippen LogP contribution in [0.25, 0.3) is 0 Å². The standard InChI is InChI=1S/Li.Ni.H3O4P.H/c;;1-5(2,3)4;/h;;(H3,1,2,3,4);. The Hall–Kier alpha value is 1.20.